The summed E-state index contributed by atoms with van der Waals surface area (Å²) >= 11 is 0. The van der Waals surface area contributed by atoms with E-state index in [4.69, 9.17) is 13.6 Å². The van der Waals surface area contributed by atoms with Gasteiger partial charge in [0.15, 0.2) is 22.9 Å². The highest BCUT2D eigenvalue weighted by molar-refractivity contribution is 6.16. The normalized spacial score (nSPS) is 20.0. The van der Waals surface area contributed by atoms with E-state index in [0.717, 1.165) is 25.7 Å². The van der Waals surface area contributed by atoms with Crippen LogP contribution in [0.4, 0.5) is 0 Å². The molecule has 1 fully saturated rings. The molecule has 7 nitrogen and oxygen atoms in total. The molecule has 1 aromatic carbocycles. The van der Waals surface area contributed by atoms with Crippen LogP contribution >= 0.6 is 0 Å². The summed E-state index contributed by atoms with van der Waals surface area (Å²) < 4.78 is 16.7. The van der Waals surface area contributed by atoms with E-state index in [1.807, 2.05) is 0 Å². The van der Waals surface area contributed by atoms with Gasteiger partial charge in [-0.15, -0.1) is 0 Å². The zero-order valence-corrected chi connectivity index (χ0v) is 16.5. The molecule has 0 radical (unpaired) electrons. The summed E-state index contributed by atoms with van der Waals surface area (Å²) in [6.07, 6.45) is 5.18. The quantitative estimate of drug-likeness (QED) is 0.624. The Hall–Kier alpha value is -3.48. The first-order chi connectivity index (χ1) is 14.6. The molecule has 1 amide bonds. The summed E-state index contributed by atoms with van der Waals surface area (Å²) in [4.78, 5) is 28.1. The van der Waals surface area contributed by atoms with Crippen LogP contribution in [0.1, 0.15) is 48.0 Å². The minimum absolute atomic E-state index is 0.0140. The van der Waals surface area contributed by atoms with Crippen LogP contribution in [0.2, 0.25) is 0 Å². The standard InChI is InChI=1S/C23H21NO6/c1-28-16-9-4-6-13-12-17(30-22(13)16)20(25)18-19(15-10-5-11-29-15)24(23(27)21(18)26)14-7-2-3-8-14/h4-6,9-12,14,19,26H,2-3,7-8H2,1H3. The van der Waals surface area contributed by atoms with Crippen molar-refractivity contribution >= 4 is 22.7 Å². The highest BCUT2D eigenvalue weighted by Crippen LogP contribution is 2.44. The van der Waals surface area contributed by atoms with Gasteiger partial charge in [0, 0.05) is 11.4 Å². The number of carbonyl (C=O) groups is 2. The number of rotatable bonds is 5. The lowest BCUT2D eigenvalue weighted by Gasteiger charge is -2.30. The van der Waals surface area contributed by atoms with Crippen LogP contribution < -0.4 is 4.74 Å². The van der Waals surface area contributed by atoms with Gasteiger partial charge in [-0.05, 0) is 37.1 Å². The van der Waals surface area contributed by atoms with Crippen LogP contribution in [-0.2, 0) is 4.79 Å². The predicted octanol–water partition coefficient (Wildman–Crippen LogP) is 4.56. The molecule has 3 aromatic rings. The summed E-state index contributed by atoms with van der Waals surface area (Å²) in [7, 11) is 1.52. The lowest BCUT2D eigenvalue weighted by Crippen LogP contribution is -2.38. The molecule has 7 heteroatoms. The molecule has 2 aromatic heterocycles. The van der Waals surface area contributed by atoms with E-state index in [1.54, 1.807) is 41.3 Å². The van der Waals surface area contributed by atoms with Crippen LogP contribution in [0.5, 0.6) is 5.75 Å². The molecule has 1 atom stereocenters. The Morgan fingerprint density at radius 2 is 2.00 bits per heavy atom. The topological polar surface area (TPSA) is 93.1 Å². The number of aliphatic hydroxyl groups is 1. The van der Waals surface area contributed by atoms with E-state index in [0.29, 0.717) is 22.5 Å². The van der Waals surface area contributed by atoms with Gasteiger partial charge < -0.3 is 23.6 Å². The SMILES string of the molecule is COc1cccc2cc(C(=O)C3=C(O)C(=O)N(C4CCCC4)C3c3ccco3)oc12. The van der Waals surface area contributed by atoms with E-state index in [9.17, 15) is 14.7 Å². The van der Waals surface area contributed by atoms with Gasteiger partial charge in [-0.1, -0.05) is 25.0 Å². The van der Waals surface area contributed by atoms with E-state index in [2.05, 4.69) is 0 Å². The van der Waals surface area contributed by atoms with Crippen LogP contribution in [-0.4, -0.2) is 34.8 Å². The number of furan rings is 2. The van der Waals surface area contributed by atoms with Gasteiger partial charge in [-0.25, -0.2) is 0 Å². The number of ether oxygens (including phenoxy) is 1. The largest absolute Gasteiger partial charge is 0.503 e. The summed E-state index contributed by atoms with van der Waals surface area (Å²) in [6.45, 7) is 0. The highest BCUT2D eigenvalue weighted by atomic mass is 16.5. The number of benzene rings is 1. The minimum atomic E-state index is -0.779. The molecule has 154 valence electrons. The number of Topliss-reactive ketones (excluding diaryl/α,β-unsaturated/α-hetero) is 1. The third-order valence-corrected chi connectivity index (χ3v) is 5.97. The van der Waals surface area contributed by atoms with Gasteiger partial charge in [0.05, 0.1) is 18.9 Å². The Labute approximate surface area is 172 Å². The average Bonchev–Trinajstić information content (AvgIpc) is 3.54. The van der Waals surface area contributed by atoms with Gasteiger partial charge in [0.1, 0.15) is 11.8 Å². The summed E-state index contributed by atoms with van der Waals surface area (Å²) in [5, 5.41) is 11.4. The zero-order chi connectivity index (χ0) is 20.8. The molecule has 1 N–H and O–H groups in total. The number of para-hydroxylation sites is 1. The van der Waals surface area contributed by atoms with Gasteiger partial charge in [0.25, 0.3) is 5.91 Å². The Morgan fingerprint density at radius 3 is 2.70 bits per heavy atom. The van der Waals surface area contributed by atoms with Crippen molar-refractivity contribution < 1.29 is 28.3 Å². The molecule has 0 spiro atoms. The fourth-order valence-corrected chi connectivity index (χ4v) is 4.58. The lowest BCUT2D eigenvalue weighted by atomic mass is 9.98. The number of amides is 1. The van der Waals surface area contributed by atoms with Crippen molar-refractivity contribution in [1.29, 1.82) is 0 Å². The van der Waals surface area contributed by atoms with Gasteiger partial charge in [0.2, 0.25) is 5.78 Å². The van der Waals surface area contributed by atoms with Crippen molar-refractivity contribution in [3.63, 3.8) is 0 Å². The number of hydrogen-bond donors (Lipinski definition) is 1. The number of methoxy groups -OCH3 is 1. The van der Waals surface area contributed by atoms with Crippen molar-refractivity contribution in [2.45, 2.75) is 37.8 Å². The average molecular weight is 407 g/mol. The molecule has 30 heavy (non-hydrogen) atoms. The molecule has 1 unspecified atom stereocenters. The van der Waals surface area contributed by atoms with Crippen molar-refractivity contribution in [3.8, 4) is 5.75 Å². The van der Waals surface area contributed by atoms with Crippen molar-refractivity contribution in [2.24, 2.45) is 0 Å². The predicted molar refractivity (Wildman–Crippen MR) is 107 cm³/mol. The molecule has 5 rings (SSSR count). The smallest absolute Gasteiger partial charge is 0.290 e. The summed E-state index contributed by atoms with van der Waals surface area (Å²) in [5.74, 6) is -0.644. The van der Waals surface area contributed by atoms with Crippen LogP contribution in [0.15, 0.2) is 62.8 Å². The molecule has 2 aliphatic rings. The molecule has 3 heterocycles. The number of carbonyl (C=O) groups excluding carboxylic acids is 2. The van der Waals surface area contributed by atoms with E-state index in [-0.39, 0.29) is 17.4 Å². The fourth-order valence-electron chi connectivity index (χ4n) is 4.58. The number of ketones is 1. The van der Waals surface area contributed by atoms with E-state index < -0.39 is 23.5 Å². The number of fused-ring (bicyclic) bond motifs is 1. The first-order valence-electron chi connectivity index (χ1n) is 10.0. The van der Waals surface area contributed by atoms with Gasteiger partial charge in [-0.2, -0.15) is 0 Å². The Morgan fingerprint density at radius 1 is 1.20 bits per heavy atom. The first kappa shape index (κ1) is 18.5. The van der Waals surface area contributed by atoms with E-state index >= 15 is 0 Å². The van der Waals surface area contributed by atoms with Crippen LogP contribution in [0.25, 0.3) is 11.0 Å². The van der Waals surface area contributed by atoms with Crippen molar-refractivity contribution in [2.75, 3.05) is 7.11 Å². The monoisotopic (exact) mass is 407 g/mol. The van der Waals surface area contributed by atoms with E-state index in [1.165, 1.54) is 13.4 Å². The minimum Gasteiger partial charge on any atom is -0.503 e. The third-order valence-electron chi connectivity index (χ3n) is 5.97. The van der Waals surface area contributed by atoms with Crippen molar-refractivity contribution in [3.05, 3.63) is 65.5 Å². The summed E-state index contributed by atoms with van der Waals surface area (Å²) in [6, 6.07) is 9.54. The second kappa shape index (κ2) is 7.09. The van der Waals surface area contributed by atoms with Crippen LogP contribution in [0, 0.1) is 0 Å². The third kappa shape index (κ3) is 2.73. The Balaban J connectivity index is 1.60. The molecule has 0 bridgehead atoms. The second-order valence-corrected chi connectivity index (χ2v) is 7.65. The number of nitrogens with zero attached hydrogens (tertiary/aromatic N) is 1. The molecular formula is C23H21NO6. The Bertz CT molecular complexity index is 1150. The fraction of sp³-hybridized carbons (Fsp3) is 0.304. The molecule has 1 aliphatic carbocycles. The number of hydrogen-bond acceptors (Lipinski definition) is 6. The lowest BCUT2D eigenvalue weighted by molar-refractivity contribution is -0.132. The first-order valence-corrected chi connectivity index (χ1v) is 10.0. The maximum atomic E-state index is 13.5. The zero-order valence-electron chi connectivity index (χ0n) is 16.5. The molecular weight excluding hydrogens is 386 g/mol. The van der Waals surface area contributed by atoms with Gasteiger partial charge >= 0.3 is 0 Å². The second-order valence-electron chi connectivity index (χ2n) is 7.65. The highest BCUT2D eigenvalue weighted by Gasteiger charge is 2.48. The maximum Gasteiger partial charge on any atom is 0.290 e. The molecule has 1 saturated carbocycles. The Kier molecular flexibility index (Phi) is 4.38. The van der Waals surface area contributed by atoms with Gasteiger partial charge in [-0.3, -0.25) is 9.59 Å². The molecule has 0 saturated heterocycles. The molecule has 1 aliphatic heterocycles. The maximum absolute atomic E-state index is 13.5. The van der Waals surface area contributed by atoms with Crippen molar-refractivity contribution in [1.82, 2.24) is 4.90 Å². The van der Waals surface area contributed by atoms with Crippen LogP contribution in [0.3, 0.4) is 0 Å². The summed E-state index contributed by atoms with van der Waals surface area (Å²) in [5.41, 5.74) is 0.426. The number of aliphatic hydroxyl groups excluding tert-OH is 1.